The zero-order valence-electron chi connectivity index (χ0n) is 10.4. The Morgan fingerprint density at radius 2 is 2.33 bits per heavy atom. The van der Waals surface area contributed by atoms with E-state index in [0.717, 1.165) is 18.5 Å². The van der Waals surface area contributed by atoms with Gasteiger partial charge in [0.25, 0.3) is 5.91 Å². The Bertz CT molecular complexity index is 451. The van der Waals surface area contributed by atoms with Crippen LogP contribution in [0.3, 0.4) is 0 Å². The van der Waals surface area contributed by atoms with Crippen LogP contribution in [-0.4, -0.2) is 37.0 Å². The summed E-state index contributed by atoms with van der Waals surface area (Å²) >= 11 is 6.14. The highest BCUT2D eigenvalue weighted by atomic mass is 35.5. The maximum absolute atomic E-state index is 11.7. The van der Waals surface area contributed by atoms with Gasteiger partial charge in [-0.1, -0.05) is 17.7 Å². The number of nitrogens with two attached hydrogens (primary N) is 1. The molecule has 1 unspecified atom stereocenters. The Morgan fingerprint density at radius 3 is 2.89 bits per heavy atom. The summed E-state index contributed by atoms with van der Waals surface area (Å²) in [6, 6.07) is 5.57. The quantitative estimate of drug-likeness (QED) is 0.899. The van der Waals surface area contributed by atoms with Crippen LogP contribution in [0.5, 0.6) is 5.75 Å². The number of ether oxygens (including phenoxy) is 1. The van der Waals surface area contributed by atoms with Gasteiger partial charge < -0.3 is 15.4 Å². The first kappa shape index (κ1) is 13.2. The molecular formula is C13H17ClN2O2. The molecule has 98 valence electrons. The van der Waals surface area contributed by atoms with Gasteiger partial charge in [-0.05, 0) is 30.7 Å². The molecule has 1 fully saturated rings. The molecule has 1 aromatic carbocycles. The molecule has 1 aromatic rings. The zero-order valence-corrected chi connectivity index (χ0v) is 11.1. The number of carbonyl (C=O) groups excluding carboxylic acids is 1. The SMILES string of the molecule is CN1CCC(Oc2ccc(CCN)cc2Cl)C1=O. The van der Waals surface area contributed by atoms with Gasteiger partial charge in [-0.15, -0.1) is 0 Å². The molecular weight excluding hydrogens is 252 g/mol. The van der Waals surface area contributed by atoms with Crippen LogP contribution >= 0.6 is 11.6 Å². The Kier molecular flexibility index (Phi) is 4.09. The van der Waals surface area contributed by atoms with Crippen molar-refractivity contribution in [2.75, 3.05) is 20.1 Å². The average Bonchev–Trinajstić information content (AvgIpc) is 2.65. The molecule has 1 aliphatic heterocycles. The van der Waals surface area contributed by atoms with Gasteiger partial charge in [-0.2, -0.15) is 0 Å². The highest BCUT2D eigenvalue weighted by Crippen LogP contribution is 2.28. The Morgan fingerprint density at radius 1 is 1.56 bits per heavy atom. The largest absolute Gasteiger partial charge is 0.479 e. The van der Waals surface area contributed by atoms with Crippen molar-refractivity contribution >= 4 is 17.5 Å². The lowest BCUT2D eigenvalue weighted by Gasteiger charge is -2.14. The van der Waals surface area contributed by atoms with E-state index in [2.05, 4.69) is 0 Å². The molecule has 0 spiro atoms. The minimum atomic E-state index is -0.409. The van der Waals surface area contributed by atoms with Crippen molar-refractivity contribution < 1.29 is 9.53 Å². The van der Waals surface area contributed by atoms with Crippen LogP contribution in [-0.2, 0) is 11.2 Å². The summed E-state index contributed by atoms with van der Waals surface area (Å²) in [5, 5.41) is 0.531. The molecule has 5 heteroatoms. The lowest BCUT2D eigenvalue weighted by atomic mass is 10.1. The van der Waals surface area contributed by atoms with Crippen LogP contribution in [0, 0.1) is 0 Å². The fraction of sp³-hybridized carbons (Fsp3) is 0.462. The fourth-order valence-corrected chi connectivity index (χ4v) is 2.26. The van der Waals surface area contributed by atoms with Crippen molar-refractivity contribution in [1.82, 2.24) is 4.90 Å². The van der Waals surface area contributed by atoms with E-state index in [1.807, 2.05) is 12.1 Å². The molecule has 0 saturated carbocycles. The van der Waals surface area contributed by atoms with Gasteiger partial charge in [0.2, 0.25) is 0 Å². The summed E-state index contributed by atoms with van der Waals surface area (Å²) in [7, 11) is 1.78. The summed E-state index contributed by atoms with van der Waals surface area (Å²) in [6.07, 6.45) is 1.08. The number of halogens is 1. The molecule has 18 heavy (non-hydrogen) atoms. The highest BCUT2D eigenvalue weighted by molar-refractivity contribution is 6.32. The van der Waals surface area contributed by atoms with E-state index in [4.69, 9.17) is 22.1 Å². The molecule has 1 amide bonds. The minimum absolute atomic E-state index is 0.0112. The summed E-state index contributed by atoms with van der Waals surface area (Å²) in [5.74, 6) is 0.572. The van der Waals surface area contributed by atoms with Gasteiger partial charge in [0, 0.05) is 20.0 Å². The van der Waals surface area contributed by atoms with E-state index in [1.54, 1.807) is 18.0 Å². The molecule has 1 heterocycles. The maximum Gasteiger partial charge on any atom is 0.263 e. The molecule has 0 radical (unpaired) electrons. The van der Waals surface area contributed by atoms with Gasteiger partial charge in [0.15, 0.2) is 6.10 Å². The lowest BCUT2D eigenvalue weighted by molar-refractivity contribution is -0.132. The maximum atomic E-state index is 11.7. The predicted molar refractivity (Wildman–Crippen MR) is 70.9 cm³/mol. The van der Waals surface area contributed by atoms with E-state index in [9.17, 15) is 4.79 Å². The first-order valence-corrected chi connectivity index (χ1v) is 6.39. The summed E-state index contributed by atoms with van der Waals surface area (Å²) < 4.78 is 5.67. The number of amides is 1. The predicted octanol–water partition coefficient (Wildman–Crippen LogP) is 1.45. The van der Waals surface area contributed by atoms with Crippen LogP contribution in [0.25, 0.3) is 0 Å². The molecule has 2 N–H and O–H groups in total. The topological polar surface area (TPSA) is 55.6 Å². The normalized spacial score (nSPS) is 19.4. The molecule has 0 aromatic heterocycles. The molecule has 0 bridgehead atoms. The van der Waals surface area contributed by atoms with Crippen molar-refractivity contribution in [1.29, 1.82) is 0 Å². The van der Waals surface area contributed by atoms with Gasteiger partial charge in [0.1, 0.15) is 5.75 Å². The number of likely N-dealkylation sites (tertiary alicyclic amines) is 1. The minimum Gasteiger partial charge on any atom is -0.479 e. The van der Waals surface area contributed by atoms with E-state index in [0.29, 0.717) is 23.7 Å². The number of nitrogens with zero attached hydrogens (tertiary/aromatic N) is 1. The lowest BCUT2D eigenvalue weighted by Crippen LogP contribution is -2.29. The standard InChI is InChI=1S/C13H17ClN2O2/c1-16-7-5-12(13(16)17)18-11-3-2-9(4-6-15)8-10(11)14/h2-3,8,12H,4-7,15H2,1H3. The van der Waals surface area contributed by atoms with Crippen LogP contribution in [0.1, 0.15) is 12.0 Å². The molecule has 1 aliphatic rings. The van der Waals surface area contributed by atoms with Crippen LogP contribution in [0.4, 0.5) is 0 Å². The van der Waals surface area contributed by atoms with Gasteiger partial charge in [-0.25, -0.2) is 0 Å². The Labute approximate surface area is 112 Å². The third kappa shape index (κ3) is 2.76. The molecule has 1 atom stereocenters. The zero-order chi connectivity index (χ0) is 13.1. The van der Waals surface area contributed by atoms with E-state index >= 15 is 0 Å². The number of hydrogen-bond donors (Lipinski definition) is 1. The molecule has 0 aliphatic carbocycles. The second-order valence-corrected chi connectivity index (χ2v) is 4.87. The number of likely N-dealkylation sites (N-methyl/N-ethyl adjacent to an activating group) is 1. The summed E-state index contributed by atoms with van der Waals surface area (Å²) in [4.78, 5) is 13.4. The van der Waals surface area contributed by atoms with Crippen LogP contribution < -0.4 is 10.5 Å². The molecule has 2 rings (SSSR count). The highest BCUT2D eigenvalue weighted by Gasteiger charge is 2.31. The summed E-state index contributed by atoms with van der Waals surface area (Å²) in [5.41, 5.74) is 6.56. The number of hydrogen-bond acceptors (Lipinski definition) is 3. The average molecular weight is 269 g/mol. The number of carbonyl (C=O) groups is 1. The first-order valence-electron chi connectivity index (χ1n) is 6.02. The van der Waals surface area contributed by atoms with Crippen molar-refractivity contribution in [3.63, 3.8) is 0 Å². The van der Waals surface area contributed by atoms with Crippen molar-refractivity contribution in [3.05, 3.63) is 28.8 Å². The smallest absolute Gasteiger partial charge is 0.263 e. The number of rotatable bonds is 4. The summed E-state index contributed by atoms with van der Waals surface area (Å²) in [6.45, 7) is 1.31. The van der Waals surface area contributed by atoms with E-state index in [1.165, 1.54) is 0 Å². The Hall–Kier alpha value is -1.26. The van der Waals surface area contributed by atoms with Crippen molar-refractivity contribution in [2.24, 2.45) is 5.73 Å². The molecule has 4 nitrogen and oxygen atoms in total. The Balaban J connectivity index is 2.08. The van der Waals surface area contributed by atoms with Crippen LogP contribution in [0.15, 0.2) is 18.2 Å². The van der Waals surface area contributed by atoms with E-state index < -0.39 is 6.10 Å². The van der Waals surface area contributed by atoms with Crippen LogP contribution in [0.2, 0.25) is 5.02 Å². The van der Waals surface area contributed by atoms with Gasteiger partial charge in [-0.3, -0.25) is 4.79 Å². The van der Waals surface area contributed by atoms with Gasteiger partial charge >= 0.3 is 0 Å². The fourth-order valence-electron chi connectivity index (χ4n) is 2.02. The second kappa shape index (κ2) is 5.59. The third-order valence-electron chi connectivity index (χ3n) is 3.08. The number of benzene rings is 1. The van der Waals surface area contributed by atoms with Crippen molar-refractivity contribution in [3.8, 4) is 5.75 Å². The van der Waals surface area contributed by atoms with Crippen molar-refractivity contribution in [2.45, 2.75) is 18.9 Å². The second-order valence-electron chi connectivity index (χ2n) is 4.46. The molecule has 1 saturated heterocycles. The first-order chi connectivity index (χ1) is 8.61. The van der Waals surface area contributed by atoms with Gasteiger partial charge in [0.05, 0.1) is 5.02 Å². The third-order valence-corrected chi connectivity index (χ3v) is 3.37. The monoisotopic (exact) mass is 268 g/mol. The van der Waals surface area contributed by atoms with E-state index in [-0.39, 0.29) is 5.91 Å².